The van der Waals surface area contributed by atoms with E-state index in [4.69, 9.17) is 0 Å². The second kappa shape index (κ2) is 12.6. The van der Waals surface area contributed by atoms with Gasteiger partial charge in [0, 0.05) is 64.8 Å². The number of hydrogen-bond donors (Lipinski definition) is 4. The zero-order chi connectivity index (χ0) is 23.5. The minimum Gasteiger partial charge on any atom is -0.385 e. The highest BCUT2D eigenvalue weighted by molar-refractivity contribution is 5.93. The highest BCUT2D eigenvalue weighted by Gasteiger charge is 2.22. The molecule has 1 atom stereocenters. The lowest BCUT2D eigenvalue weighted by molar-refractivity contribution is -0.131. The highest BCUT2D eigenvalue weighted by Crippen LogP contribution is 2.15. The molecule has 1 aromatic carbocycles. The summed E-state index contributed by atoms with van der Waals surface area (Å²) in [5, 5.41) is 13.2. The molecule has 0 saturated carbocycles. The first-order valence-corrected chi connectivity index (χ1v) is 11.5. The molecule has 0 radical (unpaired) electrons. The molecular formula is C24H36N8O. The maximum absolute atomic E-state index is 12.5. The Morgan fingerprint density at radius 2 is 1.91 bits per heavy atom. The van der Waals surface area contributed by atoms with Crippen molar-refractivity contribution in [1.82, 2.24) is 20.5 Å². The summed E-state index contributed by atoms with van der Waals surface area (Å²) in [7, 11) is 5.93. The van der Waals surface area contributed by atoms with E-state index in [0.29, 0.717) is 32.0 Å². The SMILES string of the molecule is CN(C)c1ccc(NCCCNCCC(=O)N(C)C2CN=C(Nc3ccccn3)NC2)cc1. The van der Waals surface area contributed by atoms with Gasteiger partial charge in [-0.2, -0.15) is 0 Å². The van der Waals surface area contributed by atoms with Gasteiger partial charge in [0.25, 0.3) is 0 Å². The minimum absolute atomic E-state index is 0.0508. The first kappa shape index (κ1) is 24.3. The van der Waals surface area contributed by atoms with Gasteiger partial charge >= 0.3 is 0 Å². The van der Waals surface area contributed by atoms with Gasteiger partial charge in [-0.3, -0.25) is 9.79 Å². The Morgan fingerprint density at radius 3 is 2.58 bits per heavy atom. The van der Waals surface area contributed by atoms with Crippen molar-refractivity contribution in [3.63, 3.8) is 0 Å². The van der Waals surface area contributed by atoms with Gasteiger partial charge in [-0.15, -0.1) is 0 Å². The number of nitrogens with zero attached hydrogens (tertiary/aromatic N) is 4. The van der Waals surface area contributed by atoms with Crippen molar-refractivity contribution in [2.24, 2.45) is 4.99 Å². The molecule has 1 aromatic heterocycles. The number of carbonyl (C=O) groups is 1. The molecule has 1 amide bonds. The molecule has 0 bridgehead atoms. The monoisotopic (exact) mass is 452 g/mol. The van der Waals surface area contributed by atoms with Crippen LogP contribution in [0.1, 0.15) is 12.8 Å². The number of carbonyl (C=O) groups excluding carboxylic acids is 1. The van der Waals surface area contributed by atoms with Crippen LogP contribution in [0.4, 0.5) is 17.2 Å². The smallest absolute Gasteiger partial charge is 0.223 e. The van der Waals surface area contributed by atoms with Crippen molar-refractivity contribution in [2.45, 2.75) is 18.9 Å². The van der Waals surface area contributed by atoms with Crippen molar-refractivity contribution in [2.75, 3.05) is 69.4 Å². The van der Waals surface area contributed by atoms with Gasteiger partial charge in [-0.25, -0.2) is 4.98 Å². The number of hydrogen-bond acceptors (Lipinski definition) is 8. The predicted octanol–water partition coefficient (Wildman–Crippen LogP) is 1.83. The molecule has 0 saturated heterocycles. The number of rotatable bonds is 11. The summed E-state index contributed by atoms with van der Waals surface area (Å²) in [6.45, 7) is 3.67. The largest absolute Gasteiger partial charge is 0.385 e. The van der Waals surface area contributed by atoms with E-state index in [2.05, 4.69) is 60.4 Å². The molecule has 9 nitrogen and oxygen atoms in total. The zero-order valence-electron chi connectivity index (χ0n) is 19.8. The molecule has 0 spiro atoms. The lowest BCUT2D eigenvalue weighted by Crippen LogP contribution is -2.51. The quantitative estimate of drug-likeness (QED) is 0.386. The molecule has 2 heterocycles. The average molecular weight is 453 g/mol. The van der Waals surface area contributed by atoms with Crippen LogP contribution in [0, 0.1) is 0 Å². The van der Waals surface area contributed by atoms with Crippen molar-refractivity contribution in [3.05, 3.63) is 48.7 Å². The maximum atomic E-state index is 12.5. The molecule has 33 heavy (non-hydrogen) atoms. The predicted molar refractivity (Wildman–Crippen MR) is 136 cm³/mol. The maximum Gasteiger partial charge on any atom is 0.223 e. The second-order valence-electron chi connectivity index (χ2n) is 8.29. The van der Waals surface area contributed by atoms with Gasteiger partial charge in [0.2, 0.25) is 5.91 Å². The summed E-state index contributed by atoms with van der Waals surface area (Å²) < 4.78 is 0. The third-order valence-corrected chi connectivity index (χ3v) is 5.58. The van der Waals surface area contributed by atoms with Crippen molar-refractivity contribution < 1.29 is 4.79 Å². The normalized spacial score (nSPS) is 15.2. The topological polar surface area (TPSA) is 96.9 Å². The summed E-state index contributed by atoms with van der Waals surface area (Å²) in [5.41, 5.74) is 2.31. The Labute approximate surface area is 196 Å². The van der Waals surface area contributed by atoms with Gasteiger partial charge in [0.05, 0.1) is 12.6 Å². The molecule has 1 aliphatic heterocycles. The van der Waals surface area contributed by atoms with E-state index in [-0.39, 0.29) is 11.9 Å². The van der Waals surface area contributed by atoms with Crippen molar-refractivity contribution >= 4 is 29.1 Å². The highest BCUT2D eigenvalue weighted by atomic mass is 16.2. The number of amides is 1. The number of guanidine groups is 1. The van der Waals surface area contributed by atoms with Crippen LogP contribution in [0.5, 0.6) is 0 Å². The molecule has 3 rings (SSSR count). The molecule has 0 aliphatic carbocycles. The number of anilines is 3. The number of likely N-dealkylation sites (N-methyl/N-ethyl adjacent to an activating group) is 1. The zero-order valence-corrected chi connectivity index (χ0v) is 19.8. The molecule has 4 N–H and O–H groups in total. The second-order valence-corrected chi connectivity index (χ2v) is 8.29. The van der Waals surface area contributed by atoms with Gasteiger partial charge in [0.1, 0.15) is 5.82 Å². The van der Waals surface area contributed by atoms with Gasteiger partial charge in [0.15, 0.2) is 5.96 Å². The number of pyridine rings is 1. The number of benzene rings is 1. The van der Waals surface area contributed by atoms with E-state index in [1.54, 1.807) is 11.1 Å². The van der Waals surface area contributed by atoms with E-state index in [1.165, 1.54) is 5.69 Å². The Hall–Kier alpha value is -3.33. The molecule has 0 fully saturated rings. The fourth-order valence-electron chi connectivity index (χ4n) is 3.46. The van der Waals surface area contributed by atoms with E-state index < -0.39 is 0 Å². The average Bonchev–Trinajstić information content (AvgIpc) is 2.84. The summed E-state index contributed by atoms with van der Waals surface area (Å²) in [5.74, 6) is 1.56. The summed E-state index contributed by atoms with van der Waals surface area (Å²) >= 11 is 0. The van der Waals surface area contributed by atoms with Crippen molar-refractivity contribution in [1.29, 1.82) is 0 Å². The lowest BCUT2D eigenvalue weighted by Gasteiger charge is -2.31. The number of aliphatic imine (C=N–C) groups is 1. The Bertz CT molecular complexity index is 885. The van der Waals surface area contributed by atoms with Gasteiger partial charge in [-0.1, -0.05) is 6.07 Å². The molecule has 178 valence electrons. The minimum atomic E-state index is 0.0508. The van der Waals surface area contributed by atoms with Crippen LogP contribution in [0.2, 0.25) is 0 Å². The van der Waals surface area contributed by atoms with Crippen LogP contribution in [0.3, 0.4) is 0 Å². The van der Waals surface area contributed by atoms with Gasteiger partial charge in [-0.05, 0) is 49.4 Å². The van der Waals surface area contributed by atoms with Gasteiger partial charge < -0.3 is 31.1 Å². The van der Waals surface area contributed by atoms with E-state index in [1.807, 2.05) is 39.3 Å². The van der Waals surface area contributed by atoms with Crippen LogP contribution in [0.15, 0.2) is 53.7 Å². The first-order valence-electron chi connectivity index (χ1n) is 11.5. The standard InChI is InChI=1S/C24H36N8O/c1-31(2)20-10-8-19(9-11-20)26-15-6-13-25-16-12-23(33)32(3)21-17-28-24(29-18-21)30-22-7-4-5-14-27-22/h4-5,7-11,14,21,25-26H,6,12-13,15-18H2,1-3H3,(H2,27,28,29,30). The number of aromatic nitrogens is 1. The molecular weight excluding hydrogens is 416 g/mol. The van der Waals surface area contributed by atoms with Crippen LogP contribution in [0.25, 0.3) is 0 Å². The third kappa shape index (κ3) is 7.94. The third-order valence-electron chi connectivity index (χ3n) is 5.58. The molecule has 9 heteroatoms. The number of nitrogens with one attached hydrogen (secondary N) is 4. The van der Waals surface area contributed by atoms with Crippen LogP contribution in [-0.2, 0) is 4.79 Å². The summed E-state index contributed by atoms with van der Waals surface area (Å²) in [4.78, 5) is 25.2. The summed E-state index contributed by atoms with van der Waals surface area (Å²) in [6, 6.07) is 14.1. The van der Waals surface area contributed by atoms with Crippen LogP contribution < -0.4 is 26.2 Å². The molecule has 2 aromatic rings. The lowest BCUT2D eigenvalue weighted by atomic mass is 10.2. The molecule has 1 unspecified atom stereocenters. The van der Waals surface area contributed by atoms with Crippen molar-refractivity contribution in [3.8, 4) is 0 Å². The Balaban J connectivity index is 1.26. The first-order chi connectivity index (χ1) is 16.0. The van der Waals surface area contributed by atoms with E-state index in [9.17, 15) is 4.79 Å². The fraction of sp³-hybridized carbons (Fsp3) is 0.458. The van der Waals surface area contributed by atoms with E-state index in [0.717, 1.165) is 31.0 Å². The summed E-state index contributed by atoms with van der Waals surface area (Å²) in [6.07, 6.45) is 3.21. The van der Waals surface area contributed by atoms with E-state index >= 15 is 0 Å². The Kier molecular flexibility index (Phi) is 9.31. The molecule has 1 aliphatic rings. The Morgan fingerprint density at radius 1 is 1.09 bits per heavy atom. The fourth-order valence-corrected chi connectivity index (χ4v) is 3.46. The van der Waals surface area contributed by atoms with Crippen LogP contribution >= 0.6 is 0 Å². The van der Waals surface area contributed by atoms with Crippen LogP contribution in [-0.4, -0.2) is 81.7 Å².